The number of alkyl carbamates (subject to hydrolysis) is 1. The molecule has 0 aromatic carbocycles. The van der Waals surface area contributed by atoms with Gasteiger partial charge in [0.05, 0.1) is 6.61 Å². The minimum atomic E-state index is -1.55. The maximum Gasteiger partial charge on any atom is 0.407 e. The summed E-state index contributed by atoms with van der Waals surface area (Å²) in [5.41, 5.74) is 0.453. The largest absolute Gasteiger partial charge is 0.450 e. The molecule has 0 bridgehead atoms. The van der Waals surface area contributed by atoms with Crippen LogP contribution in [0.25, 0.3) is 0 Å². The summed E-state index contributed by atoms with van der Waals surface area (Å²) in [6.45, 7) is 10.4. The van der Waals surface area contributed by atoms with Crippen LogP contribution in [-0.4, -0.2) is 41.7 Å². The van der Waals surface area contributed by atoms with E-state index in [1.807, 2.05) is 13.8 Å². The summed E-state index contributed by atoms with van der Waals surface area (Å²) in [4.78, 5) is 11.1. The fourth-order valence-electron chi connectivity index (χ4n) is 1.64. The van der Waals surface area contributed by atoms with Crippen LogP contribution in [0.4, 0.5) is 4.79 Å². The minimum absolute atomic E-state index is 0.339. The van der Waals surface area contributed by atoms with Crippen molar-refractivity contribution in [2.45, 2.75) is 46.1 Å². The summed E-state index contributed by atoms with van der Waals surface area (Å²) in [6, 6.07) is 0. The van der Waals surface area contributed by atoms with Crippen LogP contribution < -0.4 is 5.32 Å². The molecule has 0 rings (SSSR count). The molecule has 6 heteroatoms. The highest BCUT2D eigenvalue weighted by atomic mass is 28.3. The Morgan fingerprint density at radius 3 is 2.28 bits per heavy atom. The van der Waals surface area contributed by atoms with Gasteiger partial charge in [-0.1, -0.05) is 6.92 Å². The summed E-state index contributed by atoms with van der Waals surface area (Å²) < 4.78 is 16.1. The normalized spacial score (nSPS) is 12.5. The molecule has 108 valence electrons. The van der Waals surface area contributed by atoms with E-state index >= 15 is 0 Å². The van der Waals surface area contributed by atoms with E-state index in [2.05, 4.69) is 12.2 Å². The van der Waals surface area contributed by atoms with Crippen molar-refractivity contribution in [3.8, 4) is 0 Å². The Hall–Kier alpha value is -0.593. The lowest BCUT2D eigenvalue weighted by Gasteiger charge is -2.21. The second kappa shape index (κ2) is 11.5. The molecule has 5 nitrogen and oxygen atoms in total. The maximum atomic E-state index is 11.1. The molecule has 0 aromatic rings. The van der Waals surface area contributed by atoms with Gasteiger partial charge < -0.3 is 18.9 Å². The number of hydrogen-bond acceptors (Lipinski definition) is 4. The number of rotatable bonds is 10. The third-order valence-corrected chi connectivity index (χ3v) is 5.09. The topological polar surface area (TPSA) is 56.8 Å². The number of carbonyl (C=O) groups is 1. The molecule has 18 heavy (non-hydrogen) atoms. The third kappa shape index (κ3) is 8.49. The van der Waals surface area contributed by atoms with Gasteiger partial charge in [-0.2, -0.15) is 0 Å². The molecule has 0 saturated heterocycles. The SMILES string of the molecule is CCOC(=O)NCCCC(C)[SiH](OCC)OCC. The monoisotopic (exact) mass is 277 g/mol. The van der Waals surface area contributed by atoms with Crippen LogP contribution in [0, 0.1) is 0 Å². The first-order valence-corrected chi connectivity index (χ1v) is 8.40. The molecule has 0 aliphatic carbocycles. The van der Waals surface area contributed by atoms with Gasteiger partial charge in [0.15, 0.2) is 0 Å². The van der Waals surface area contributed by atoms with E-state index in [-0.39, 0.29) is 6.09 Å². The first-order chi connectivity index (χ1) is 8.65. The van der Waals surface area contributed by atoms with Gasteiger partial charge >= 0.3 is 15.4 Å². The van der Waals surface area contributed by atoms with Gasteiger partial charge in [-0.25, -0.2) is 4.79 Å². The molecule has 0 radical (unpaired) electrons. The van der Waals surface area contributed by atoms with Crippen molar-refractivity contribution in [3.05, 3.63) is 0 Å². The predicted octanol–water partition coefficient (Wildman–Crippen LogP) is 2.20. The molecule has 1 amide bonds. The molecule has 0 spiro atoms. The molecule has 0 aliphatic heterocycles. The summed E-state index contributed by atoms with van der Waals surface area (Å²) in [7, 11) is -1.55. The highest BCUT2D eigenvalue weighted by molar-refractivity contribution is 6.46. The molecule has 0 saturated carbocycles. The van der Waals surface area contributed by atoms with Crippen LogP contribution in [0.15, 0.2) is 0 Å². The van der Waals surface area contributed by atoms with E-state index in [4.69, 9.17) is 13.6 Å². The fraction of sp³-hybridized carbons (Fsp3) is 0.917. The number of hydrogen-bond donors (Lipinski definition) is 1. The molecule has 0 fully saturated rings. The van der Waals surface area contributed by atoms with Crippen LogP contribution in [0.3, 0.4) is 0 Å². The zero-order valence-electron chi connectivity index (χ0n) is 12.0. The van der Waals surface area contributed by atoms with Crippen molar-refractivity contribution in [2.75, 3.05) is 26.4 Å². The lowest BCUT2D eigenvalue weighted by Crippen LogP contribution is -2.29. The maximum absolute atomic E-state index is 11.1. The van der Waals surface area contributed by atoms with Gasteiger partial charge in [-0.3, -0.25) is 0 Å². The number of amides is 1. The molecule has 1 unspecified atom stereocenters. The summed E-state index contributed by atoms with van der Waals surface area (Å²) in [5.74, 6) is 0. The quantitative estimate of drug-likeness (QED) is 0.491. The number of nitrogens with one attached hydrogen (secondary N) is 1. The lowest BCUT2D eigenvalue weighted by molar-refractivity contribution is 0.152. The lowest BCUT2D eigenvalue weighted by atomic mass is 10.2. The summed E-state index contributed by atoms with van der Waals surface area (Å²) in [6.07, 6.45) is 1.58. The molecule has 0 heterocycles. The molecule has 1 atom stereocenters. The molecule has 1 N–H and O–H groups in total. The predicted molar refractivity (Wildman–Crippen MR) is 74.1 cm³/mol. The number of carbonyl (C=O) groups excluding carboxylic acids is 1. The van der Waals surface area contributed by atoms with Gasteiger partial charge in [0, 0.05) is 19.8 Å². The van der Waals surface area contributed by atoms with Crippen molar-refractivity contribution in [1.29, 1.82) is 0 Å². The van der Waals surface area contributed by atoms with Crippen LogP contribution in [0.1, 0.15) is 40.5 Å². The fourth-order valence-corrected chi connectivity index (χ4v) is 3.56. The van der Waals surface area contributed by atoms with Crippen LogP contribution in [0.5, 0.6) is 0 Å². The van der Waals surface area contributed by atoms with Crippen molar-refractivity contribution >= 4 is 15.4 Å². The number of ether oxygens (including phenoxy) is 1. The van der Waals surface area contributed by atoms with Gasteiger partial charge in [0.1, 0.15) is 0 Å². The Labute approximate surface area is 112 Å². The molecular weight excluding hydrogens is 250 g/mol. The van der Waals surface area contributed by atoms with Crippen LogP contribution in [-0.2, 0) is 13.6 Å². The van der Waals surface area contributed by atoms with E-state index < -0.39 is 9.28 Å². The van der Waals surface area contributed by atoms with E-state index in [1.54, 1.807) is 6.92 Å². The van der Waals surface area contributed by atoms with E-state index in [0.29, 0.717) is 31.9 Å². The zero-order valence-corrected chi connectivity index (χ0v) is 13.2. The van der Waals surface area contributed by atoms with Crippen molar-refractivity contribution in [1.82, 2.24) is 5.32 Å². The molecule has 0 aliphatic rings. The van der Waals surface area contributed by atoms with E-state index in [1.165, 1.54) is 0 Å². The van der Waals surface area contributed by atoms with Crippen molar-refractivity contribution in [3.63, 3.8) is 0 Å². The Kier molecular flexibility index (Phi) is 11.1. The highest BCUT2D eigenvalue weighted by Gasteiger charge is 2.20. The van der Waals surface area contributed by atoms with E-state index in [9.17, 15) is 4.79 Å². The van der Waals surface area contributed by atoms with E-state index in [0.717, 1.165) is 12.8 Å². The Morgan fingerprint density at radius 1 is 1.17 bits per heavy atom. The average Bonchev–Trinajstić information content (AvgIpc) is 2.34. The standard InChI is InChI=1S/C12H27NO4Si/c1-5-15-12(14)13-10-8-9-11(4)18(16-6-2)17-7-3/h11,18H,5-10H2,1-4H3,(H,13,14). The Balaban J connectivity index is 3.72. The second-order valence-electron chi connectivity index (χ2n) is 4.05. The van der Waals surface area contributed by atoms with Crippen molar-refractivity contribution in [2.24, 2.45) is 0 Å². The van der Waals surface area contributed by atoms with Gasteiger partial charge in [0.25, 0.3) is 0 Å². The zero-order chi connectivity index (χ0) is 13.8. The first-order valence-electron chi connectivity index (χ1n) is 6.79. The van der Waals surface area contributed by atoms with Crippen LogP contribution in [0.2, 0.25) is 5.54 Å². The highest BCUT2D eigenvalue weighted by Crippen LogP contribution is 2.18. The Bertz CT molecular complexity index is 210. The van der Waals surface area contributed by atoms with Gasteiger partial charge in [-0.15, -0.1) is 0 Å². The summed E-state index contributed by atoms with van der Waals surface area (Å²) >= 11 is 0. The van der Waals surface area contributed by atoms with Gasteiger partial charge in [0.2, 0.25) is 0 Å². The minimum Gasteiger partial charge on any atom is -0.450 e. The van der Waals surface area contributed by atoms with Crippen molar-refractivity contribution < 1.29 is 18.4 Å². The first kappa shape index (κ1) is 17.4. The summed E-state index contributed by atoms with van der Waals surface area (Å²) in [5, 5.41) is 2.71. The smallest absolute Gasteiger partial charge is 0.407 e. The Morgan fingerprint density at radius 2 is 1.78 bits per heavy atom. The average molecular weight is 277 g/mol. The third-order valence-electron chi connectivity index (χ3n) is 2.51. The molecular formula is C12H27NO4Si. The van der Waals surface area contributed by atoms with Gasteiger partial charge in [-0.05, 0) is 39.2 Å². The molecule has 0 aromatic heterocycles. The van der Waals surface area contributed by atoms with Crippen LogP contribution >= 0.6 is 0 Å². The second-order valence-corrected chi connectivity index (χ2v) is 6.59.